The van der Waals surface area contributed by atoms with Gasteiger partial charge >= 0.3 is 0 Å². The van der Waals surface area contributed by atoms with Crippen molar-refractivity contribution >= 4 is 21.4 Å². The van der Waals surface area contributed by atoms with Crippen LogP contribution < -0.4 is 0 Å². The highest BCUT2D eigenvalue weighted by Crippen LogP contribution is 2.32. The highest BCUT2D eigenvalue weighted by Gasteiger charge is 2.30. The van der Waals surface area contributed by atoms with Crippen LogP contribution in [0.3, 0.4) is 0 Å². The van der Waals surface area contributed by atoms with Crippen LogP contribution in [0.15, 0.2) is 58.9 Å². The van der Waals surface area contributed by atoms with Gasteiger partial charge in [-0.25, -0.2) is 13.1 Å². The van der Waals surface area contributed by atoms with E-state index >= 15 is 0 Å². The third-order valence-corrected chi connectivity index (χ3v) is 6.55. The lowest BCUT2D eigenvalue weighted by Crippen LogP contribution is -2.36. The fourth-order valence-electron chi connectivity index (χ4n) is 2.56. The van der Waals surface area contributed by atoms with E-state index in [0.717, 1.165) is 14.9 Å². The Morgan fingerprint density at radius 1 is 1.04 bits per heavy atom. The standard InChI is InChI=1S/C17H19N3O4S2/c21-10-8-19(9-11-22)26(23,24)16-13-20(14-5-2-1-3-6-14)18-17(16)15-7-4-12-25-15/h1-7,12-13,21-22H,8-11H2. The molecule has 2 N–H and O–H groups in total. The molecule has 0 amide bonds. The summed E-state index contributed by atoms with van der Waals surface area (Å²) >= 11 is 1.40. The van der Waals surface area contributed by atoms with E-state index in [1.165, 1.54) is 22.2 Å². The molecule has 0 radical (unpaired) electrons. The van der Waals surface area contributed by atoms with Gasteiger partial charge in [0, 0.05) is 13.1 Å². The van der Waals surface area contributed by atoms with Crippen LogP contribution in [0.5, 0.6) is 0 Å². The van der Waals surface area contributed by atoms with Crippen LogP contribution in [0.2, 0.25) is 0 Å². The molecular weight excluding hydrogens is 374 g/mol. The summed E-state index contributed by atoms with van der Waals surface area (Å²) in [6.07, 6.45) is 1.47. The van der Waals surface area contributed by atoms with Crippen LogP contribution in [0.1, 0.15) is 0 Å². The highest BCUT2D eigenvalue weighted by atomic mass is 32.2. The van der Waals surface area contributed by atoms with Crippen molar-refractivity contribution in [3.8, 4) is 16.3 Å². The first-order chi connectivity index (χ1) is 12.6. The van der Waals surface area contributed by atoms with Crippen molar-refractivity contribution in [3.63, 3.8) is 0 Å². The minimum Gasteiger partial charge on any atom is -0.395 e. The molecule has 3 aromatic rings. The Hall–Kier alpha value is -2.04. The maximum absolute atomic E-state index is 13.1. The topological polar surface area (TPSA) is 95.7 Å². The number of aliphatic hydroxyl groups is 2. The second-order valence-electron chi connectivity index (χ2n) is 5.45. The average Bonchev–Trinajstić information content (AvgIpc) is 3.32. The molecule has 3 rings (SSSR count). The SMILES string of the molecule is O=S(=O)(c1cn(-c2ccccc2)nc1-c1cccs1)N(CCO)CCO. The van der Waals surface area contributed by atoms with Gasteiger partial charge in [0.1, 0.15) is 10.6 Å². The predicted octanol–water partition coefficient (Wildman–Crippen LogP) is 1.58. The number of para-hydroxylation sites is 1. The van der Waals surface area contributed by atoms with Gasteiger partial charge in [0.2, 0.25) is 10.0 Å². The van der Waals surface area contributed by atoms with Crippen molar-refractivity contribution in [1.29, 1.82) is 0 Å². The molecule has 0 saturated heterocycles. The first-order valence-electron chi connectivity index (χ1n) is 7.98. The molecule has 0 saturated carbocycles. The average molecular weight is 393 g/mol. The van der Waals surface area contributed by atoms with Crippen LogP contribution in [-0.2, 0) is 10.0 Å². The van der Waals surface area contributed by atoms with Crippen molar-refractivity contribution in [2.45, 2.75) is 4.90 Å². The number of aliphatic hydroxyl groups excluding tert-OH is 2. The molecule has 7 nitrogen and oxygen atoms in total. The van der Waals surface area contributed by atoms with Gasteiger partial charge in [0.15, 0.2) is 0 Å². The van der Waals surface area contributed by atoms with Crippen LogP contribution in [0.25, 0.3) is 16.3 Å². The molecule has 2 heterocycles. The van der Waals surface area contributed by atoms with Crippen LogP contribution in [-0.4, -0.2) is 59.0 Å². The van der Waals surface area contributed by atoms with E-state index < -0.39 is 10.0 Å². The summed E-state index contributed by atoms with van der Waals surface area (Å²) in [4.78, 5) is 0.775. The van der Waals surface area contributed by atoms with E-state index in [1.807, 2.05) is 47.8 Å². The summed E-state index contributed by atoms with van der Waals surface area (Å²) in [5, 5.41) is 24.7. The number of benzene rings is 1. The monoisotopic (exact) mass is 393 g/mol. The first kappa shape index (κ1) is 18.7. The zero-order valence-electron chi connectivity index (χ0n) is 13.9. The summed E-state index contributed by atoms with van der Waals surface area (Å²) in [7, 11) is -3.93. The minimum atomic E-state index is -3.93. The molecule has 0 aliphatic rings. The lowest BCUT2D eigenvalue weighted by molar-refractivity contribution is 0.217. The van der Waals surface area contributed by atoms with Gasteiger partial charge in [-0.05, 0) is 23.6 Å². The van der Waals surface area contributed by atoms with E-state index in [1.54, 1.807) is 0 Å². The molecular formula is C17H19N3O4S2. The van der Waals surface area contributed by atoms with Gasteiger partial charge in [0.05, 0.1) is 30.0 Å². The summed E-state index contributed by atoms with van der Waals surface area (Å²) < 4.78 is 28.8. The summed E-state index contributed by atoms with van der Waals surface area (Å²) in [6.45, 7) is -0.854. The molecule has 138 valence electrons. The Kier molecular flexibility index (Phi) is 5.84. The Bertz CT molecular complexity index is 932. The number of hydrogen-bond donors (Lipinski definition) is 2. The first-order valence-corrected chi connectivity index (χ1v) is 10.3. The summed E-state index contributed by atoms with van der Waals surface area (Å²) in [5.41, 5.74) is 1.09. The summed E-state index contributed by atoms with van der Waals surface area (Å²) in [6, 6.07) is 12.9. The molecule has 1 aromatic carbocycles. The number of rotatable bonds is 8. The lowest BCUT2D eigenvalue weighted by atomic mass is 10.3. The van der Waals surface area contributed by atoms with Crippen molar-refractivity contribution in [1.82, 2.24) is 14.1 Å². The maximum Gasteiger partial charge on any atom is 0.247 e. The fourth-order valence-corrected chi connectivity index (χ4v) is 4.90. The molecule has 0 aliphatic heterocycles. The van der Waals surface area contributed by atoms with Gasteiger partial charge in [-0.2, -0.15) is 9.40 Å². The van der Waals surface area contributed by atoms with E-state index in [9.17, 15) is 18.6 Å². The van der Waals surface area contributed by atoms with Crippen LogP contribution in [0, 0.1) is 0 Å². The van der Waals surface area contributed by atoms with Gasteiger partial charge in [-0.3, -0.25) is 0 Å². The lowest BCUT2D eigenvalue weighted by Gasteiger charge is -2.19. The number of thiophene rings is 1. The number of nitrogens with zero attached hydrogens (tertiary/aromatic N) is 3. The Morgan fingerprint density at radius 3 is 2.31 bits per heavy atom. The smallest absolute Gasteiger partial charge is 0.247 e. The molecule has 26 heavy (non-hydrogen) atoms. The number of aromatic nitrogens is 2. The molecule has 0 aliphatic carbocycles. The Labute approximate surface area is 155 Å². The van der Waals surface area contributed by atoms with E-state index in [4.69, 9.17) is 0 Å². The molecule has 0 bridgehead atoms. The van der Waals surface area contributed by atoms with Gasteiger partial charge in [-0.1, -0.05) is 24.3 Å². The Morgan fingerprint density at radius 2 is 1.73 bits per heavy atom. The minimum absolute atomic E-state index is 0.0469. The van der Waals surface area contributed by atoms with Gasteiger partial charge < -0.3 is 10.2 Å². The molecule has 0 atom stereocenters. The van der Waals surface area contributed by atoms with E-state index in [-0.39, 0.29) is 31.2 Å². The normalized spacial score (nSPS) is 12.0. The van der Waals surface area contributed by atoms with Crippen molar-refractivity contribution in [2.75, 3.05) is 26.3 Å². The third-order valence-electron chi connectivity index (χ3n) is 3.77. The zero-order chi connectivity index (χ0) is 18.6. The van der Waals surface area contributed by atoms with Crippen molar-refractivity contribution in [3.05, 3.63) is 54.0 Å². The predicted molar refractivity (Wildman–Crippen MR) is 99.8 cm³/mol. The third kappa shape index (κ3) is 3.71. The van der Waals surface area contributed by atoms with Crippen molar-refractivity contribution < 1.29 is 18.6 Å². The molecule has 9 heteroatoms. The van der Waals surface area contributed by atoms with Gasteiger partial charge in [-0.15, -0.1) is 11.3 Å². The van der Waals surface area contributed by atoms with Crippen LogP contribution >= 0.6 is 11.3 Å². The molecule has 0 fully saturated rings. The Balaban J connectivity index is 2.14. The number of hydrogen-bond acceptors (Lipinski definition) is 6. The van der Waals surface area contributed by atoms with Crippen LogP contribution in [0.4, 0.5) is 0 Å². The summed E-state index contributed by atoms with van der Waals surface area (Å²) in [5.74, 6) is 0. The second kappa shape index (κ2) is 8.11. The maximum atomic E-state index is 13.1. The zero-order valence-corrected chi connectivity index (χ0v) is 15.5. The van der Waals surface area contributed by atoms with Gasteiger partial charge in [0.25, 0.3) is 0 Å². The molecule has 0 unspecified atom stereocenters. The quantitative estimate of drug-likeness (QED) is 0.606. The van der Waals surface area contributed by atoms with Crippen molar-refractivity contribution in [2.24, 2.45) is 0 Å². The molecule has 0 spiro atoms. The van der Waals surface area contributed by atoms with E-state index in [2.05, 4.69) is 5.10 Å². The number of sulfonamides is 1. The molecule has 2 aromatic heterocycles. The van der Waals surface area contributed by atoms with E-state index in [0.29, 0.717) is 5.69 Å². The second-order valence-corrected chi connectivity index (χ2v) is 8.30. The largest absolute Gasteiger partial charge is 0.395 e. The fraction of sp³-hybridized carbons (Fsp3) is 0.235. The highest BCUT2D eigenvalue weighted by molar-refractivity contribution is 7.89.